The van der Waals surface area contributed by atoms with Gasteiger partial charge in [0.05, 0.1) is 4.90 Å². The van der Waals surface area contributed by atoms with Gasteiger partial charge in [0.1, 0.15) is 0 Å². The van der Waals surface area contributed by atoms with Crippen LogP contribution in [0.5, 0.6) is 0 Å². The van der Waals surface area contributed by atoms with Crippen molar-refractivity contribution in [2.75, 3.05) is 18.8 Å². The largest absolute Gasteiger partial charge is 0.399 e. The van der Waals surface area contributed by atoms with Gasteiger partial charge >= 0.3 is 0 Å². The van der Waals surface area contributed by atoms with E-state index in [-0.39, 0.29) is 23.8 Å². The van der Waals surface area contributed by atoms with Crippen LogP contribution in [0.2, 0.25) is 0 Å². The van der Waals surface area contributed by atoms with Crippen molar-refractivity contribution in [1.29, 1.82) is 0 Å². The van der Waals surface area contributed by atoms with Gasteiger partial charge in [0.15, 0.2) is 0 Å². The topological polar surface area (TPSA) is 101 Å². The smallest absolute Gasteiger partial charge is 0.241 e. The number of nitrogens with two attached hydrogens (primary N) is 1. The number of carbonyl (C=O) groups is 1. The molecule has 1 amide bonds. The summed E-state index contributed by atoms with van der Waals surface area (Å²) in [5.41, 5.74) is 6.01. The van der Waals surface area contributed by atoms with Crippen LogP contribution in [0.1, 0.15) is 13.3 Å². The van der Waals surface area contributed by atoms with E-state index >= 15 is 0 Å². The van der Waals surface area contributed by atoms with E-state index in [4.69, 9.17) is 5.73 Å². The number of halogens is 1. The second-order valence-electron chi connectivity index (χ2n) is 3.79. The summed E-state index contributed by atoms with van der Waals surface area (Å²) in [6, 6.07) is 4.43. The summed E-state index contributed by atoms with van der Waals surface area (Å²) in [5.74, 6) is -0.193. The lowest BCUT2D eigenvalue weighted by molar-refractivity contribution is -0.120. The van der Waals surface area contributed by atoms with Crippen molar-refractivity contribution in [3.05, 3.63) is 22.7 Å². The van der Waals surface area contributed by atoms with Crippen LogP contribution in [-0.4, -0.2) is 27.4 Å². The van der Waals surface area contributed by atoms with Gasteiger partial charge < -0.3 is 11.1 Å². The number of hydrogen-bond donors (Lipinski definition) is 3. The maximum atomic E-state index is 12.0. The zero-order chi connectivity index (χ0) is 14.5. The second kappa shape index (κ2) is 6.88. The Hall–Kier alpha value is -1.12. The molecule has 0 bridgehead atoms. The number of hydrogen-bond acceptors (Lipinski definition) is 4. The fraction of sp³-hybridized carbons (Fsp3) is 0.364. The molecule has 0 spiro atoms. The predicted molar refractivity (Wildman–Crippen MR) is 77.0 cm³/mol. The Morgan fingerprint density at radius 3 is 2.68 bits per heavy atom. The minimum atomic E-state index is -3.65. The number of anilines is 1. The van der Waals surface area contributed by atoms with E-state index in [1.54, 1.807) is 6.92 Å². The fourth-order valence-corrected chi connectivity index (χ4v) is 3.52. The van der Waals surface area contributed by atoms with E-state index in [9.17, 15) is 13.2 Å². The van der Waals surface area contributed by atoms with Gasteiger partial charge in [0.25, 0.3) is 0 Å². The molecule has 0 aliphatic carbocycles. The summed E-state index contributed by atoms with van der Waals surface area (Å²) in [6.45, 7) is 2.37. The molecule has 0 radical (unpaired) electrons. The maximum absolute atomic E-state index is 12.0. The highest BCUT2D eigenvalue weighted by Crippen LogP contribution is 2.23. The van der Waals surface area contributed by atoms with Crippen LogP contribution in [0.25, 0.3) is 0 Å². The molecule has 0 aliphatic heterocycles. The van der Waals surface area contributed by atoms with E-state index in [2.05, 4.69) is 26.0 Å². The standard InChI is InChI=1S/C11H16BrN3O3S/c1-2-14-11(16)5-6-15-19(17,18)10-4-3-8(13)7-9(10)12/h3-4,7,15H,2,5-6,13H2,1H3,(H,14,16). The normalized spacial score (nSPS) is 11.3. The summed E-state index contributed by atoms with van der Waals surface area (Å²) in [4.78, 5) is 11.3. The molecule has 6 nitrogen and oxygen atoms in total. The maximum Gasteiger partial charge on any atom is 0.241 e. The number of rotatable bonds is 6. The second-order valence-corrected chi connectivity index (χ2v) is 6.38. The highest BCUT2D eigenvalue weighted by molar-refractivity contribution is 9.10. The fourth-order valence-electron chi connectivity index (χ4n) is 1.40. The lowest BCUT2D eigenvalue weighted by atomic mass is 10.3. The lowest BCUT2D eigenvalue weighted by Gasteiger charge is -2.09. The first kappa shape index (κ1) is 15.9. The van der Waals surface area contributed by atoms with Crippen LogP contribution in [0.3, 0.4) is 0 Å². The molecular weight excluding hydrogens is 334 g/mol. The summed E-state index contributed by atoms with van der Waals surface area (Å²) in [6.07, 6.45) is 0.0969. The predicted octanol–water partition coefficient (Wildman–Crippen LogP) is 0.836. The van der Waals surface area contributed by atoms with Gasteiger partial charge in [-0.25, -0.2) is 13.1 Å². The van der Waals surface area contributed by atoms with Gasteiger partial charge in [-0.3, -0.25) is 4.79 Å². The van der Waals surface area contributed by atoms with Crippen molar-refractivity contribution in [3.8, 4) is 0 Å². The number of amides is 1. The van der Waals surface area contributed by atoms with E-state index < -0.39 is 10.0 Å². The third kappa shape index (κ3) is 4.81. The van der Waals surface area contributed by atoms with Gasteiger partial charge in [0.2, 0.25) is 15.9 Å². The minimum absolute atomic E-state index is 0.0466. The highest BCUT2D eigenvalue weighted by Gasteiger charge is 2.17. The zero-order valence-corrected chi connectivity index (χ0v) is 12.8. The molecule has 1 aromatic rings. The third-order valence-corrected chi connectivity index (χ3v) is 4.70. The van der Waals surface area contributed by atoms with Gasteiger partial charge in [-0.15, -0.1) is 0 Å². The number of benzene rings is 1. The Morgan fingerprint density at radius 1 is 1.42 bits per heavy atom. The average Bonchev–Trinajstić information content (AvgIpc) is 2.28. The van der Waals surface area contributed by atoms with Crippen molar-refractivity contribution in [2.24, 2.45) is 0 Å². The molecule has 0 aliphatic rings. The molecule has 0 aromatic heterocycles. The molecule has 0 fully saturated rings. The Bertz CT molecular complexity index is 560. The Morgan fingerprint density at radius 2 is 2.11 bits per heavy atom. The Balaban J connectivity index is 2.68. The van der Waals surface area contributed by atoms with Crippen LogP contribution >= 0.6 is 15.9 Å². The molecular formula is C11H16BrN3O3S. The minimum Gasteiger partial charge on any atom is -0.399 e. The van der Waals surface area contributed by atoms with E-state index in [0.29, 0.717) is 16.7 Å². The van der Waals surface area contributed by atoms with Gasteiger partial charge in [-0.1, -0.05) is 0 Å². The molecule has 0 saturated heterocycles. The number of carbonyl (C=O) groups excluding carboxylic acids is 1. The monoisotopic (exact) mass is 349 g/mol. The third-order valence-electron chi connectivity index (χ3n) is 2.26. The van der Waals surface area contributed by atoms with E-state index in [0.717, 1.165) is 0 Å². The number of sulfonamides is 1. The molecule has 19 heavy (non-hydrogen) atoms. The number of nitrogen functional groups attached to an aromatic ring is 1. The van der Waals surface area contributed by atoms with Crippen molar-refractivity contribution >= 4 is 37.5 Å². The first-order valence-corrected chi connectivity index (χ1v) is 7.96. The lowest BCUT2D eigenvalue weighted by Crippen LogP contribution is -2.30. The molecule has 0 unspecified atom stereocenters. The number of nitrogens with one attached hydrogen (secondary N) is 2. The van der Waals surface area contributed by atoms with Crippen molar-refractivity contribution in [3.63, 3.8) is 0 Å². The average molecular weight is 350 g/mol. The van der Waals surface area contributed by atoms with Crippen LogP contribution in [0.15, 0.2) is 27.6 Å². The molecule has 1 aromatic carbocycles. The van der Waals surface area contributed by atoms with Crippen LogP contribution < -0.4 is 15.8 Å². The summed E-state index contributed by atoms with van der Waals surface area (Å²) < 4.78 is 26.7. The summed E-state index contributed by atoms with van der Waals surface area (Å²) in [5, 5.41) is 2.59. The van der Waals surface area contributed by atoms with Crippen molar-refractivity contribution in [2.45, 2.75) is 18.2 Å². The van der Waals surface area contributed by atoms with Gasteiger partial charge in [-0.05, 0) is 41.1 Å². The van der Waals surface area contributed by atoms with E-state index in [1.165, 1.54) is 18.2 Å². The molecule has 0 atom stereocenters. The van der Waals surface area contributed by atoms with Crippen LogP contribution in [0.4, 0.5) is 5.69 Å². The molecule has 0 saturated carbocycles. The first-order chi connectivity index (χ1) is 8.86. The van der Waals surface area contributed by atoms with Crippen LogP contribution in [-0.2, 0) is 14.8 Å². The highest BCUT2D eigenvalue weighted by atomic mass is 79.9. The van der Waals surface area contributed by atoms with Crippen LogP contribution in [0, 0.1) is 0 Å². The molecule has 4 N–H and O–H groups in total. The Kier molecular flexibility index (Phi) is 5.77. The van der Waals surface area contributed by atoms with Crippen molar-refractivity contribution in [1.82, 2.24) is 10.0 Å². The van der Waals surface area contributed by atoms with Crippen molar-refractivity contribution < 1.29 is 13.2 Å². The van der Waals surface area contributed by atoms with Gasteiger partial charge in [-0.2, -0.15) is 0 Å². The molecule has 8 heteroatoms. The Labute approximate surface area is 120 Å². The summed E-state index contributed by atoms with van der Waals surface area (Å²) in [7, 11) is -3.65. The van der Waals surface area contributed by atoms with Gasteiger partial charge in [0, 0.05) is 29.7 Å². The molecule has 106 valence electrons. The van der Waals surface area contributed by atoms with E-state index in [1.807, 2.05) is 0 Å². The quantitative estimate of drug-likeness (QED) is 0.662. The first-order valence-electron chi connectivity index (χ1n) is 5.68. The molecule has 0 heterocycles. The SMILES string of the molecule is CCNC(=O)CCNS(=O)(=O)c1ccc(N)cc1Br. The molecule has 1 rings (SSSR count). The summed E-state index contributed by atoms with van der Waals surface area (Å²) >= 11 is 3.15. The zero-order valence-electron chi connectivity index (χ0n) is 10.4.